The van der Waals surface area contributed by atoms with E-state index in [1.165, 1.54) is 43.4 Å². The van der Waals surface area contributed by atoms with Crippen molar-refractivity contribution in [2.45, 2.75) is 51.9 Å². The van der Waals surface area contributed by atoms with Crippen LogP contribution in [0.3, 0.4) is 0 Å². The molecule has 146 valence electrons. The third-order valence-electron chi connectivity index (χ3n) is 4.28. The number of carbonyl (C=O) groups is 2. The first kappa shape index (κ1) is 20.9. The molecule has 0 saturated heterocycles. The van der Waals surface area contributed by atoms with Gasteiger partial charge in [0.05, 0.1) is 11.3 Å². The molecule has 0 fully saturated rings. The first-order valence-corrected chi connectivity index (χ1v) is 10.3. The van der Waals surface area contributed by atoms with Crippen LogP contribution in [0.15, 0.2) is 23.6 Å². The molecule has 7 heteroatoms. The first-order valence-electron chi connectivity index (χ1n) is 9.43. The fourth-order valence-electron chi connectivity index (χ4n) is 2.77. The highest BCUT2D eigenvalue weighted by Gasteiger charge is 2.15. The zero-order valence-corrected chi connectivity index (χ0v) is 16.5. The number of amides is 2. The van der Waals surface area contributed by atoms with Gasteiger partial charge < -0.3 is 15.7 Å². The summed E-state index contributed by atoms with van der Waals surface area (Å²) in [7, 11) is 0. The maximum atomic E-state index is 12.2. The number of thiazole rings is 1. The topological polar surface area (TPSA) is 91.3 Å². The fourth-order valence-corrected chi connectivity index (χ4v) is 3.60. The van der Waals surface area contributed by atoms with E-state index in [0.29, 0.717) is 34.9 Å². The number of para-hydroxylation sites is 1. The number of carbonyl (C=O) groups excluding carboxylic acids is 2. The number of hydrogen-bond donors (Lipinski definition) is 3. The van der Waals surface area contributed by atoms with Crippen LogP contribution in [0.4, 0.5) is 5.69 Å². The number of hydrogen-bond acceptors (Lipinski definition) is 5. The van der Waals surface area contributed by atoms with E-state index in [-0.39, 0.29) is 11.7 Å². The SMILES string of the molecule is CCCCCCCCCNC(=O)c1csc(-c2cccc(NC=O)c2O)n1. The summed E-state index contributed by atoms with van der Waals surface area (Å²) in [5.74, 6) is -0.265. The number of anilines is 1. The summed E-state index contributed by atoms with van der Waals surface area (Å²) in [4.78, 5) is 27.1. The highest BCUT2D eigenvalue weighted by atomic mass is 32.1. The minimum absolute atomic E-state index is 0.0611. The number of nitrogens with zero attached hydrogens (tertiary/aromatic N) is 1. The van der Waals surface area contributed by atoms with Gasteiger partial charge in [-0.3, -0.25) is 9.59 Å². The Morgan fingerprint density at radius 3 is 2.67 bits per heavy atom. The number of unbranched alkanes of at least 4 members (excludes halogenated alkanes) is 6. The van der Waals surface area contributed by atoms with Crippen molar-refractivity contribution in [3.8, 4) is 16.3 Å². The fraction of sp³-hybridized carbons (Fsp3) is 0.450. The van der Waals surface area contributed by atoms with E-state index in [0.717, 1.165) is 12.8 Å². The van der Waals surface area contributed by atoms with E-state index >= 15 is 0 Å². The lowest BCUT2D eigenvalue weighted by atomic mass is 10.1. The molecule has 0 bridgehead atoms. The number of phenolic OH excluding ortho intramolecular Hbond substituents is 1. The molecule has 6 nitrogen and oxygen atoms in total. The molecular weight excluding hydrogens is 362 g/mol. The van der Waals surface area contributed by atoms with Crippen molar-refractivity contribution >= 4 is 29.3 Å². The molecule has 0 radical (unpaired) electrons. The smallest absolute Gasteiger partial charge is 0.270 e. The van der Waals surface area contributed by atoms with E-state index in [1.54, 1.807) is 23.6 Å². The van der Waals surface area contributed by atoms with Crippen LogP contribution in [0.1, 0.15) is 62.4 Å². The van der Waals surface area contributed by atoms with Crippen LogP contribution in [0.25, 0.3) is 10.6 Å². The predicted molar refractivity (Wildman–Crippen MR) is 109 cm³/mol. The number of aromatic hydroxyl groups is 1. The summed E-state index contributed by atoms with van der Waals surface area (Å²) in [6.07, 6.45) is 8.91. The summed E-state index contributed by atoms with van der Waals surface area (Å²) in [5, 5.41) is 17.8. The summed E-state index contributed by atoms with van der Waals surface area (Å²) in [5.41, 5.74) is 1.13. The molecule has 2 rings (SSSR count). The van der Waals surface area contributed by atoms with Crippen molar-refractivity contribution in [1.82, 2.24) is 10.3 Å². The largest absolute Gasteiger partial charge is 0.505 e. The van der Waals surface area contributed by atoms with Gasteiger partial charge in [0, 0.05) is 11.9 Å². The van der Waals surface area contributed by atoms with Gasteiger partial charge in [0.15, 0.2) is 0 Å². The zero-order valence-electron chi connectivity index (χ0n) is 15.7. The lowest BCUT2D eigenvalue weighted by molar-refractivity contribution is -0.105. The van der Waals surface area contributed by atoms with E-state index in [4.69, 9.17) is 0 Å². The average molecular weight is 390 g/mol. The third-order valence-corrected chi connectivity index (χ3v) is 5.16. The summed E-state index contributed by atoms with van der Waals surface area (Å²) in [6, 6.07) is 5.00. The maximum absolute atomic E-state index is 12.2. The molecule has 1 aromatic carbocycles. The molecule has 1 heterocycles. The van der Waals surface area contributed by atoms with Gasteiger partial charge in [-0.15, -0.1) is 11.3 Å². The van der Waals surface area contributed by atoms with Crippen molar-refractivity contribution in [1.29, 1.82) is 0 Å². The van der Waals surface area contributed by atoms with Crippen molar-refractivity contribution < 1.29 is 14.7 Å². The van der Waals surface area contributed by atoms with Gasteiger partial charge >= 0.3 is 0 Å². The Morgan fingerprint density at radius 1 is 1.19 bits per heavy atom. The van der Waals surface area contributed by atoms with E-state index in [9.17, 15) is 14.7 Å². The normalized spacial score (nSPS) is 10.6. The summed E-state index contributed by atoms with van der Waals surface area (Å²) < 4.78 is 0. The summed E-state index contributed by atoms with van der Waals surface area (Å²) >= 11 is 1.28. The highest BCUT2D eigenvalue weighted by Crippen LogP contribution is 2.36. The van der Waals surface area contributed by atoms with Gasteiger partial charge in [0.25, 0.3) is 5.91 Å². The quantitative estimate of drug-likeness (QED) is 0.282. The second-order valence-electron chi connectivity index (χ2n) is 6.38. The van der Waals surface area contributed by atoms with Gasteiger partial charge in [0.2, 0.25) is 6.41 Å². The predicted octanol–water partition coefficient (Wildman–Crippen LogP) is 4.56. The number of nitrogens with one attached hydrogen (secondary N) is 2. The number of benzene rings is 1. The van der Waals surface area contributed by atoms with Gasteiger partial charge in [-0.05, 0) is 18.6 Å². The Hall–Kier alpha value is -2.41. The molecule has 0 unspecified atom stereocenters. The number of rotatable bonds is 12. The molecule has 0 spiro atoms. The average Bonchev–Trinajstić information content (AvgIpc) is 3.15. The van der Waals surface area contributed by atoms with Gasteiger partial charge in [-0.25, -0.2) is 4.98 Å². The molecule has 1 aromatic heterocycles. The molecule has 0 aliphatic rings. The molecule has 27 heavy (non-hydrogen) atoms. The van der Waals surface area contributed by atoms with Gasteiger partial charge in [0.1, 0.15) is 16.5 Å². The van der Waals surface area contributed by atoms with Crippen molar-refractivity contribution in [2.24, 2.45) is 0 Å². The van der Waals surface area contributed by atoms with E-state index in [1.807, 2.05) is 0 Å². The Kier molecular flexibility index (Phi) is 8.77. The van der Waals surface area contributed by atoms with Gasteiger partial charge in [-0.1, -0.05) is 51.5 Å². The molecule has 2 amide bonds. The second-order valence-corrected chi connectivity index (χ2v) is 7.24. The minimum atomic E-state index is -0.204. The van der Waals surface area contributed by atoms with Crippen molar-refractivity contribution in [3.05, 3.63) is 29.3 Å². The zero-order chi connectivity index (χ0) is 19.5. The van der Waals surface area contributed by atoms with Crippen LogP contribution in [-0.4, -0.2) is 29.0 Å². The Morgan fingerprint density at radius 2 is 1.93 bits per heavy atom. The molecule has 0 saturated carbocycles. The maximum Gasteiger partial charge on any atom is 0.270 e. The van der Waals surface area contributed by atoms with Crippen LogP contribution >= 0.6 is 11.3 Å². The summed E-state index contributed by atoms with van der Waals surface area (Å²) in [6.45, 7) is 2.85. The van der Waals surface area contributed by atoms with Gasteiger partial charge in [-0.2, -0.15) is 0 Å². The Labute approximate surface area is 164 Å². The minimum Gasteiger partial charge on any atom is -0.505 e. The lowest BCUT2D eigenvalue weighted by Gasteiger charge is -2.06. The van der Waals surface area contributed by atoms with Crippen LogP contribution in [-0.2, 0) is 4.79 Å². The van der Waals surface area contributed by atoms with Crippen LogP contribution < -0.4 is 10.6 Å². The van der Waals surface area contributed by atoms with Crippen molar-refractivity contribution in [3.63, 3.8) is 0 Å². The number of phenols is 1. The lowest BCUT2D eigenvalue weighted by Crippen LogP contribution is -2.24. The Bertz CT molecular complexity index is 746. The molecule has 0 atom stereocenters. The molecule has 0 aliphatic carbocycles. The van der Waals surface area contributed by atoms with E-state index < -0.39 is 0 Å². The molecule has 2 aromatic rings. The van der Waals surface area contributed by atoms with Crippen molar-refractivity contribution in [2.75, 3.05) is 11.9 Å². The molecular formula is C20H27N3O3S. The highest BCUT2D eigenvalue weighted by molar-refractivity contribution is 7.13. The first-order chi connectivity index (χ1) is 13.2. The second kappa shape index (κ2) is 11.3. The standard InChI is InChI=1S/C20H27N3O3S/c1-2-3-4-5-6-7-8-12-21-19(26)17-13-27-20(23-17)15-10-9-11-16(18(15)25)22-14-24/h9-11,13-14,25H,2-8,12H2,1H3,(H,21,26)(H,22,24). The monoisotopic (exact) mass is 389 g/mol. The third kappa shape index (κ3) is 6.36. The molecule has 0 aliphatic heterocycles. The molecule has 3 N–H and O–H groups in total. The Balaban J connectivity index is 1.84. The van der Waals surface area contributed by atoms with Crippen LogP contribution in [0.2, 0.25) is 0 Å². The number of aromatic nitrogens is 1. The van der Waals surface area contributed by atoms with Crippen LogP contribution in [0, 0.1) is 0 Å². The van der Waals surface area contributed by atoms with Crippen LogP contribution in [0.5, 0.6) is 5.75 Å². The van der Waals surface area contributed by atoms with E-state index in [2.05, 4.69) is 22.5 Å².